The Kier molecular flexibility index (Phi) is 4.99. The number of rotatable bonds is 5. The molecule has 3 heterocycles. The van der Waals surface area contributed by atoms with Crippen molar-refractivity contribution >= 4 is 43.2 Å². The number of carbonyl (C=O) groups excluding carboxylic acids is 1. The molecule has 1 N–H and O–H groups in total. The van der Waals surface area contributed by atoms with E-state index in [9.17, 15) is 14.4 Å². The van der Waals surface area contributed by atoms with Gasteiger partial charge in [0, 0.05) is 15.8 Å². The molecule has 5 rings (SSSR count). The Morgan fingerprint density at radius 2 is 1.78 bits per heavy atom. The molecule has 0 saturated carbocycles. The van der Waals surface area contributed by atoms with Crippen molar-refractivity contribution in [3.05, 3.63) is 99.1 Å². The standard InChI is InChI=1S/C24H19N3O4S/c1-15-8-10-16(11-9-15)25-20(28)14-26-21-18-6-2-3-7-19(18)32-22(21)23(29)27(24(26)30)13-17-5-4-12-31-17/h2-12H,13-14H2,1H3,(H,25,28). The van der Waals surface area contributed by atoms with Crippen LogP contribution in [0.15, 0.2) is 80.9 Å². The normalized spacial score (nSPS) is 11.3. The number of aromatic nitrogens is 2. The number of furan rings is 1. The Balaban J connectivity index is 1.65. The summed E-state index contributed by atoms with van der Waals surface area (Å²) in [5, 5.41) is 3.60. The highest BCUT2D eigenvalue weighted by atomic mass is 32.1. The maximum atomic E-state index is 13.4. The fraction of sp³-hybridized carbons (Fsp3) is 0.125. The van der Waals surface area contributed by atoms with Crippen LogP contribution in [0, 0.1) is 6.92 Å². The number of thiophene rings is 1. The summed E-state index contributed by atoms with van der Waals surface area (Å²) in [4.78, 5) is 39.5. The molecular weight excluding hydrogens is 426 g/mol. The van der Waals surface area contributed by atoms with Gasteiger partial charge in [-0.15, -0.1) is 11.3 Å². The van der Waals surface area contributed by atoms with E-state index in [0.717, 1.165) is 20.2 Å². The van der Waals surface area contributed by atoms with Crippen molar-refractivity contribution in [2.24, 2.45) is 0 Å². The van der Waals surface area contributed by atoms with Gasteiger partial charge < -0.3 is 9.73 Å². The Labute approximate surface area is 186 Å². The second-order valence-electron chi connectivity index (χ2n) is 7.53. The molecule has 0 aliphatic rings. The Bertz CT molecular complexity index is 1560. The van der Waals surface area contributed by atoms with Crippen molar-refractivity contribution in [1.82, 2.24) is 9.13 Å². The number of amides is 1. The fourth-order valence-corrected chi connectivity index (χ4v) is 4.88. The van der Waals surface area contributed by atoms with Crippen molar-refractivity contribution in [3.63, 3.8) is 0 Å². The Hall–Kier alpha value is -3.91. The van der Waals surface area contributed by atoms with E-state index in [1.165, 1.54) is 22.2 Å². The summed E-state index contributed by atoms with van der Waals surface area (Å²) in [6.45, 7) is 1.74. The summed E-state index contributed by atoms with van der Waals surface area (Å²) < 4.78 is 9.15. The minimum absolute atomic E-state index is 0.00552. The molecule has 0 saturated heterocycles. The molecule has 5 aromatic rings. The molecule has 0 radical (unpaired) electrons. The monoisotopic (exact) mass is 445 g/mol. The summed E-state index contributed by atoms with van der Waals surface area (Å²) in [6, 6.07) is 18.3. The van der Waals surface area contributed by atoms with E-state index in [1.54, 1.807) is 12.1 Å². The van der Waals surface area contributed by atoms with Gasteiger partial charge in [-0.25, -0.2) is 4.79 Å². The first-order valence-corrected chi connectivity index (χ1v) is 10.9. The molecule has 3 aromatic heterocycles. The number of hydrogen-bond acceptors (Lipinski definition) is 5. The molecule has 0 spiro atoms. The van der Waals surface area contributed by atoms with Crippen molar-refractivity contribution in [2.75, 3.05) is 5.32 Å². The molecule has 0 bridgehead atoms. The van der Waals surface area contributed by atoms with E-state index in [1.807, 2.05) is 55.5 Å². The van der Waals surface area contributed by atoms with Crippen LogP contribution in [0.2, 0.25) is 0 Å². The number of nitrogens with one attached hydrogen (secondary N) is 1. The van der Waals surface area contributed by atoms with E-state index in [2.05, 4.69) is 5.32 Å². The van der Waals surface area contributed by atoms with Crippen LogP contribution >= 0.6 is 11.3 Å². The average Bonchev–Trinajstić information content (AvgIpc) is 3.44. The van der Waals surface area contributed by atoms with Crippen LogP contribution in [-0.4, -0.2) is 15.0 Å². The number of carbonyl (C=O) groups is 1. The number of hydrogen-bond donors (Lipinski definition) is 1. The maximum Gasteiger partial charge on any atom is 0.332 e. The van der Waals surface area contributed by atoms with Crippen LogP contribution in [0.5, 0.6) is 0 Å². The lowest BCUT2D eigenvalue weighted by molar-refractivity contribution is -0.116. The van der Waals surface area contributed by atoms with Gasteiger partial charge >= 0.3 is 5.69 Å². The summed E-state index contributed by atoms with van der Waals surface area (Å²) in [7, 11) is 0. The minimum Gasteiger partial charge on any atom is -0.467 e. The number of anilines is 1. The zero-order valence-electron chi connectivity index (χ0n) is 17.2. The van der Waals surface area contributed by atoms with Gasteiger partial charge in [-0.2, -0.15) is 0 Å². The average molecular weight is 446 g/mol. The van der Waals surface area contributed by atoms with E-state index >= 15 is 0 Å². The minimum atomic E-state index is -0.554. The van der Waals surface area contributed by atoms with Crippen molar-refractivity contribution in [3.8, 4) is 0 Å². The predicted octanol–water partition coefficient (Wildman–Crippen LogP) is 3.97. The van der Waals surface area contributed by atoms with Crippen LogP contribution in [0.1, 0.15) is 11.3 Å². The highest BCUT2D eigenvalue weighted by Crippen LogP contribution is 2.30. The first kappa shape index (κ1) is 20.0. The molecule has 2 aromatic carbocycles. The summed E-state index contributed by atoms with van der Waals surface area (Å²) in [6.07, 6.45) is 1.49. The van der Waals surface area contributed by atoms with Crippen LogP contribution < -0.4 is 16.6 Å². The molecule has 1 amide bonds. The summed E-state index contributed by atoms with van der Waals surface area (Å²) in [5.74, 6) is 0.135. The lowest BCUT2D eigenvalue weighted by Gasteiger charge is -2.12. The van der Waals surface area contributed by atoms with Crippen LogP contribution in [-0.2, 0) is 17.9 Å². The smallest absolute Gasteiger partial charge is 0.332 e. The van der Waals surface area contributed by atoms with E-state index in [4.69, 9.17) is 4.42 Å². The zero-order chi connectivity index (χ0) is 22.2. The van der Waals surface area contributed by atoms with Gasteiger partial charge in [-0.05, 0) is 37.3 Å². The van der Waals surface area contributed by atoms with E-state index in [-0.39, 0.29) is 19.0 Å². The summed E-state index contributed by atoms with van der Waals surface area (Å²) in [5.41, 5.74) is 1.26. The molecule has 0 aliphatic heterocycles. The molecule has 0 unspecified atom stereocenters. The number of aryl methyl sites for hydroxylation is 1. The third-order valence-electron chi connectivity index (χ3n) is 5.27. The number of benzene rings is 2. The quantitative estimate of drug-likeness (QED) is 0.444. The van der Waals surface area contributed by atoms with Crippen LogP contribution in [0.25, 0.3) is 20.3 Å². The fourth-order valence-electron chi connectivity index (χ4n) is 3.72. The molecule has 160 valence electrons. The predicted molar refractivity (Wildman–Crippen MR) is 125 cm³/mol. The second kappa shape index (κ2) is 7.97. The van der Waals surface area contributed by atoms with Crippen molar-refractivity contribution in [2.45, 2.75) is 20.0 Å². The van der Waals surface area contributed by atoms with Crippen LogP contribution in [0.3, 0.4) is 0 Å². The Morgan fingerprint density at radius 3 is 2.53 bits per heavy atom. The molecular formula is C24H19N3O4S. The molecule has 0 fully saturated rings. The Morgan fingerprint density at radius 1 is 1.00 bits per heavy atom. The second-order valence-corrected chi connectivity index (χ2v) is 8.58. The lowest BCUT2D eigenvalue weighted by atomic mass is 10.2. The van der Waals surface area contributed by atoms with Crippen molar-refractivity contribution in [1.29, 1.82) is 0 Å². The largest absolute Gasteiger partial charge is 0.467 e. The van der Waals surface area contributed by atoms with Crippen molar-refractivity contribution < 1.29 is 9.21 Å². The topological polar surface area (TPSA) is 86.2 Å². The van der Waals surface area contributed by atoms with Crippen LogP contribution in [0.4, 0.5) is 5.69 Å². The first-order valence-electron chi connectivity index (χ1n) is 10.0. The molecule has 32 heavy (non-hydrogen) atoms. The molecule has 0 atom stereocenters. The third-order valence-corrected chi connectivity index (χ3v) is 6.42. The van der Waals surface area contributed by atoms with Gasteiger partial charge in [-0.1, -0.05) is 35.9 Å². The van der Waals surface area contributed by atoms with Gasteiger partial charge in [-0.3, -0.25) is 18.7 Å². The molecule has 7 nitrogen and oxygen atoms in total. The molecule has 8 heteroatoms. The highest BCUT2D eigenvalue weighted by Gasteiger charge is 2.20. The van der Waals surface area contributed by atoms with E-state index in [0.29, 0.717) is 21.7 Å². The lowest BCUT2D eigenvalue weighted by Crippen LogP contribution is -2.41. The summed E-state index contributed by atoms with van der Waals surface area (Å²) >= 11 is 1.32. The van der Waals surface area contributed by atoms with Gasteiger partial charge in [0.25, 0.3) is 5.56 Å². The van der Waals surface area contributed by atoms with Gasteiger partial charge in [0.2, 0.25) is 5.91 Å². The number of fused-ring (bicyclic) bond motifs is 3. The van der Waals surface area contributed by atoms with Gasteiger partial charge in [0.05, 0.1) is 18.3 Å². The third kappa shape index (κ3) is 3.54. The van der Waals surface area contributed by atoms with Gasteiger partial charge in [0.1, 0.15) is 17.0 Å². The SMILES string of the molecule is Cc1ccc(NC(=O)Cn2c(=O)n(Cc3ccco3)c(=O)c3sc4ccccc4c32)cc1. The van der Waals surface area contributed by atoms with Gasteiger partial charge in [0.15, 0.2) is 0 Å². The zero-order valence-corrected chi connectivity index (χ0v) is 18.0. The first-order chi connectivity index (χ1) is 15.5. The number of nitrogens with zero attached hydrogens (tertiary/aromatic N) is 2. The van der Waals surface area contributed by atoms with E-state index < -0.39 is 11.2 Å². The maximum absolute atomic E-state index is 13.4. The molecule has 0 aliphatic carbocycles. The highest BCUT2D eigenvalue weighted by molar-refractivity contribution is 7.25.